The van der Waals surface area contributed by atoms with Crippen LogP contribution in [0, 0.1) is 0 Å². The van der Waals surface area contributed by atoms with E-state index in [0.717, 1.165) is 26.3 Å². The minimum Gasteiger partial charge on any atom is -0.379 e. The maximum atomic E-state index is 5.71. The summed E-state index contributed by atoms with van der Waals surface area (Å²) in [4.78, 5) is 2.44. The summed E-state index contributed by atoms with van der Waals surface area (Å²) in [5.74, 6) is 0. The van der Waals surface area contributed by atoms with Crippen molar-refractivity contribution in [1.29, 1.82) is 0 Å². The number of hydrogen-bond acceptors (Lipinski definition) is 3. The molecule has 0 aromatic rings. The largest absolute Gasteiger partial charge is 0.379 e. The first-order chi connectivity index (χ1) is 4.88. The fraction of sp³-hybridized carbons (Fsp3) is 1.00. The highest BCUT2D eigenvalue weighted by atomic mass is 16.5. The molecule has 0 amide bonds. The Labute approximate surface area is 61.1 Å². The lowest BCUT2D eigenvalue weighted by Gasteiger charge is -2.26. The molecule has 58 valence electrons. The molecule has 1 aliphatic carbocycles. The first-order valence-corrected chi connectivity index (χ1v) is 3.95. The van der Waals surface area contributed by atoms with E-state index < -0.39 is 0 Å². The highest BCUT2D eigenvalue weighted by Gasteiger charge is 2.38. The standard InChI is InChI=1S/C7H14N2O/c8-6-5-7(6)9-1-3-10-4-2-9/h6-7H,1-5,8H2/t6-,7+/m1/s1. The van der Waals surface area contributed by atoms with Gasteiger partial charge in [0.25, 0.3) is 0 Å². The average molecular weight is 142 g/mol. The zero-order chi connectivity index (χ0) is 6.97. The first-order valence-electron chi connectivity index (χ1n) is 3.95. The molecule has 1 saturated carbocycles. The molecule has 10 heavy (non-hydrogen) atoms. The van der Waals surface area contributed by atoms with Gasteiger partial charge in [0.1, 0.15) is 0 Å². The van der Waals surface area contributed by atoms with Crippen molar-refractivity contribution in [3.8, 4) is 0 Å². The quantitative estimate of drug-likeness (QED) is 0.532. The molecule has 2 aliphatic rings. The zero-order valence-electron chi connectivity index (χ0n) is 6.12. The van der Waals surface area contributed by atoms with Crippen LogP contribution in [0.15, 0.2) is 0 Å². The summed E-state index contributed by atoms with van der Waals surface area (Å²) in [6.45, 7) is 3.95. The second-order valence-electron chi connectivity index (χ2n) is 3.12. The maximum Gasteiger partial charge on any atom is 0.0594 e. The molecule has 2 atom stereocenters. The van der Waals surface area contributed by atoms with Crippen molar-refractivity contribution < 1.29 is 4.74 Å². The van der Waals surface area contributed by atoms with Crippen LogP contribution in [0.1, 0.15) is 6.42 Å². The smallest absolute Gasteiger partial charge is 0.0594 e. The van der Waals surface area contributed by atoms with E-state index in [0.29, 0.717) is 12.1 Å². The lowest BCUT2D eigenvalue weighted by atomic mass is 10.4. The molecule has 3 nitrogen and oxygen atoms in total. The average Bonchev–Trinajstić information content (AvgIpc) is 2.69. The summed E-state index contributed by atoms with van der Waals surface area (Å²) in [6.07, 6.45) is 1.19. The molecule has 2 fully saturated rings. The normalized spacial score (nSPS) is 41.7. The van der Waals surface area contributed by atoms with Crippen LogP contribution in [0.25, 0.3) is 0 Å². The minimum absolute atomic E-state index is 0.457. The summed E-state index contributed by atoms with van der Waals surface area (Å²) < 4.78 is 5.23. The maximum absolute atomic E-state index is 5.71. The van der Waals surface area contributed by atoms with Gasteiger partial charge in [-0.15, -0.1) is 0 Å². The summed E-state index contributed by atoms with van der Waals surface area (Å²) in [6, 6.07) is 1.14. The molecular weight excluding hydrogens is 128 g/mol. The van der Waals surface area contributed by atoms with E-state index in [1.807, 2.05) is 0 Å². The van der Waals surface area contributed by atoms with Crippen molar-refractivity contribution in [1.82, 2.24) is 4.90 Å². The number of nitrogens with zero attached hydrogens (tertiary/aromatic N) is 1. The van der Waals surface area contributed by atoms with Crippen molar-refractivity contribution >= 4 is 0 Å². The van der Waals surface area contributed by atoms with Gasteiger partial charge in [0.2, 0.25) is 0 Å². The molecule has 1 aliphatic heterocycles. The van der Waals surface area contributed by atoms with Crippen molar-refractivity contribution in [2.24, 2.45) is 5.73 Å². The van der Waals surface area contributed by atoms with Gasteiger partial charge in [0, 0.05) is 25.2 Å². The van der Waals surface area contributed by atoms with Gasteiger partial charge in [-0.3, -0.25) is 4.90 Å². The summed E-state index contributed by atoms with van der Waals surface area (Å²) in [7, 11) is 0. The molecule has 0 unspecified atom stereocenters. The molecule has 0 radical (unpaired) electrons. The predicted octanol–water partition coefficient (Wildman–Crippen LogP) is -0.582. The van der Waals surface area contributed by atoms with E-state index in [2.05, 4.69) is 4.90 Å². The van der Waals surface area contributed by atoms with Crippen molar-refractivity contribution in [3.63, 3.8) is 0 Å². The van der Waals surface area contributed by atoms with Crippen LogP contribution in [0.5, 0.6) is 0 Å². The van der Waals surface area contributed by atoms with Crippen LogP contribution in [-0.2, 0) is 4.74 Å². The fourth-order valence-corrected chi connectivity index (χ4v) is 1.53. The minimum atomic E-state index is 0.457. The molecule has 0 aromatic carbocycles. The topological polar surface area (TPSA) is 38.5 Å². The Morgan fingerprint density at radius 2 is 1.90 bits per heavy atom. The van der Waals surface area contributed by atoms with Gasteiger partial charge in [-0.05, 0) is 6.42 Å². The Morgan fingerprint density at radius 3 is 2.40 bits per heavy atom. The van der Waals surface area contributed by atoms with Gasteiger partial charge in [-0.1, -0.05) is 0 Å². The first kappa shape index (κ1) is 6.58. The molecule has 1 saturated heterocycles. The lowest BCUT2D eigenvalue weighted by molar-refractivity contribution is 0.0332. The molecule has 0 aromatic heterocycles. The van der Waals surface area contributed by atoms with Crippen LogP contribution in [0.4, 0.5) is 0 Å². The molecule has 0 spiro atoms. The van der Waals surface area contributed by atoms with Crippen LogP contribution < -0.4 is 5.73 Å². The van der Waals surface area contributed by atoms with Gasteiger partial charge in [-0.2, -0.15) is 0 Å². The highest BCUT2D eigenvalue weighted by molar-refractivity contribution is 4.99. The van der Waals surface area contributed by atoms with E-state index in [9.17, 15) is 0 Å². The van der Waals surface area contributed by atoms with E-state index in [1.165, 1.54) is 6.42 Å². The SMILES string of the molecule is N[C@@H]1C[C@@H]1N1CCOCC1. The second kappa shape index (κ2) is 2.49. The van der Waals surface area contributed by atoms with Gasteiger partial charge in [-0.25, -0.2) is 0 Å². The summed E-state index contributed by atoms with van der Waals surface area (Å²) >= 11 is 0. The molecule has 3 heteroatoms. The Kier molecular flexibility index (Phi) is 1.64. The molecule has 1 heterocycles. The number of ether oxygens (including phenoxy) is 1. The lowest BCUT2D eigenvalue weighted by Crippen LogP contribution is -2.39. The van der Waals surface area contributed by atoms with Gasteiger partial charge in [0.05, 0.1) is 13.2 Å². The number of nitrogens with two attached hydrogens (primary N) is 1. The Morgan fingerprint density at radius 1 is 1.30 bits per heavy atom. The molecule has 0 bridgehead atoms. The predicted molar refractivity (Wildman–Crippen MR) is 38.8 cm³/mol. The third kappa shape index (κ3) is 1.17. The summed E-state index contributed by atoms with van der Waals surface area (Å²) in [5, 5.41) is 0. The fourth-order valence-electron chi connectivity index (χ4n) is 1.53. The van der Waals surface area contributed by atoms with Crippen LogP contribution in [0.3, 0.4) is 0 Å². The van der Waals surface area contributed by atoms with Crippen LogP contribution in [0.2, 0.25) is 0 Å². The van der Waals surface area contributed by atoms with Crippen LogP contribution >= 0.6 is 0 Å². The summed E-state index contributed by atoms with van der Waals surface area (Å²) in [5.41, 5.74) is 5.71. The number of hydrogen-bond donors (Lipinski definition) is 1. The van der Waals surface area contributed by atoms with Gasteiger partial charge < -0.3 is 10.5 Å². The number of rotatable bonds is 1. The van der Waals surface area contributed by atoms with Crippen molar-refractivity contribution in [2.45, 2.75) is 18.5 Å². The van der Waals surface area contributed by atoms with E-state index in [1.54, 1.807) is 0 Å². The molecule has 2 N–H and O–H groups in total. The van der Waals surface area contributed by atoms with Crippen molar-refractivity contribution in [2.75, 3.05) is 26.3 Å². The van der Waals surface area contributed by atoms with Crippen molar-refractivity contribution in [3.05, 3.63) is 0 Å². The molecule has 2 rings (SSSR count). The van der Waals surface area contributed by atoms with Gasteiger partial charge >= 0.3 is 0 Å². The van der Waals surface area contributed by atoms with E-state index >= 15 is 0 Å². The second-order valence-corrected chi connectivity index (χ2v) is 3.12. The zero-order valence-corrected chi connectivity index (χ0v) is 6.12. The van der Waals surface area contributed by atoms with Gasteiger partial charge in [0.15, 0.2) is 0 Å². The molecular formula is C7H14N2O. The van der Waals surface area contributed by atoms with E-state index in [-0.39, 0.29) is 0 Å². The monoisotopic (exact) mass is 142 g/mol. The Bertz CT molecular complexity index is 123. The third-order valence-corrected chi connectivity index (χ3v) is 2.32. The van der Waals surface area contributed by atoms with E-state index in [4.69, 9.17) is 10.5 Å². The van der Waals surface area contributed by atoms with Crippen LogP contribution in [-0.4, -0.2) is 43.3 Å². The Hall–Kier alpha value is -0.120. The third-order valence-electron chi connectivity index (χ3n) is 2.32. The Balaban J connectivity index is 1.81. The number of morpholine rings is 1. The highest BCUT2D eigenvalue weighted by Crippen LogP contribution is 2.25.